The van der Waals surface area contributed by atoms with Gasteiger partial charge in [-0.2, -0.15) is 0 Å². The topological polar surface area (TPSA) is 37.3 Å². The van der Waals surface area contributed by atoms with Gasteiger partial charge in [-0.15, -0.1) is 0 Å². The molecule has 1 N–H and O–H groups in total. The molecule has 1 aliphatic carbocycles. The lowest BCUT2D eigenvalue weighted by molar-refractivity contribution is 0.104. The van der Waals surface area contributed by atoms with E-state index in [1.165, 1.54) is 17.2 Å². The molecule has 3 aromatic rings. The fourth-order valence-electron chi connectivity index (χ4n) is 3.12. The number of hydrogen-bond donors (Lipinski definition) is 1. The Kier molecular flexibility index (Phi) is 2.83. The van der Waals surface area contributed by atoms with Gasteiger partial charge in [-0.25, -0.2) is 0 Å². The molecule has 0 heterocycles. The number of rotatable bonds is 2. The van der Waals surface area contributed by atoms with E-state index in [1.54, 1.807) is 6.07 Å². The van der Waals surface area contributed by atoms with Crippen molar-refractivity contribution in [2.45, 2.75) is 6.42 Å². The van der Waals surface area contributed by atoms with Crippen LogP contribution in [-0.4, -0.2) is 10.9 Å². The van der Waals surface area contributed by atoms with E-state index in [4.69, 9.17) is 0 Å². The molecule has 0 unspecified atom stereocenters. The molecule has 0 amide bonds. The van der Waals surface area contributed by atoms with E-state index in [0.29, 0.717) is 5.56 Å². The van der Waals surface area contributed by atoms with Gasteiger partial charge in [0.15, 0.2) is 5.78 Å². The highest BCUT2D eigenvalue weighted by molar-refractivity contribution is 6.21. The Morgan fingerprint density at radius 1 is 0.864 bits per heavy atom. The van der Waals surface area contributed by atoms with Crippen molar-refractivity contribution in [3.8, 4) is 5.75 Å². The molecule has 0 radical (unpaired) electrons. The summed E-state index contributed by atoms with van der Waals surface area (Å²) in [6.45, 7) is 0. The maximum Gasteiger partial charge on any atom is 0.190 e. The molecule has 0 bridgehead atoms. The number of ketones is 1. The zero-order valence-electron chi connectivity index (χ0n) is 11.9. The number of phenolic OH excluding ortho intramolecular Hbond substituents is 1. The number of carbonyl (C=O) groups is 1. The lowest BCUT2D eigenvalue weighted by Crippen LogP contribution is -2.03. The number of allylic oxidation sites excluding steroid dienone is 1. The Morgan fingerprint density at radius 3 is 2.50 bits per heavy atom. The molecule has 0 spiro atoms. The highest BCUT2D eigenvalue weighted by Gasteiger charge is 2.19. The zero-order chi connectivity index (χ0) is 15.1. The van der Waals surface area contributed by atoms with E-state index in [1.807, 2.05) is 30.3 Å². The molecule has 0 aromatic heterocycles. The number of phenols is 1. The first kappa shape index (κ1) is 12.8. The Balaban J connectivity index is 1.90. The average molecular weight is 286 g/mol. The lowest BCUT2D eigenvalue weighted by Gasteiger charge is -2.15. The third-order valence-corrected chi connectivity index (χ3v) is 4.10. The summed E-state index contributed by atoms with van der Waals surface area (Å²) in [4.78, 5) is 12.0. The van der Waals surface area contributed by atoms with Gasteiger partial charge in [-0.1, -0.05) is 54.6 Å². The second-order valence-corrected chi connectivity index (χ2v) is 5.60. The third kappa shape index (κ3) is 2.01. The predicted octanol–water partition coefficient (Wildman–Crippen LogP) is 4.35. The molecular weight excluding hydrogens is 272 g/mol. The second kappa shape index (κ2) is 4.85. The first-order valence-corrected chi connectivity index (χ1v) is 7.27. The van der Waals surface area contributed by atoms with Crippen molar-refractivity contribution < 1.29 is 9.90 Å². The summed E-state index contributed by atoms with van der Waals surface area (Å²) >= 11 is 0. The van der Waals surface area contributed by atoms with E-state index in [-0.39, 0.29) is 11.5 Å². The summed E-state index contributed by atoms with van der Waals surface area (Å²) in [6, 6.07) is 18.0. The quantitative estimate of drug-likeness (QED) is 0.760. The Labute approximate surface area is 128 Å². The monoisotopic (exact) mass is 286 g/mol. The predicted molar refractivity (Wildman–Crippen MR) is 88.2 cm³/mol. The highest BCUT2D eigenvalue weighted by atomic mass is 16.3. The minimum absolute atomic E-state index is 0.0545. The molecule has 2 nitrogen and oxygen atoms in total. The van der Waals surface area contributed by atoms with Gasteiger partial charge < -0.3 is 5.11 Å². The van der Waals surface area contributed by atoms with Crippen molar-refractivity contribution >= 4 is 22.6 Å². The minimum Gasteiger partial charge on any atom is -0.507 e. The van der Waals surface area contributed by atoms with Crippen LogP contribution in [-0.2, 0) is 6.42 Å². The van der Waals surface area contributed by atoms with Crippen LogP contribution in [0.3, 0.4) is 0 Å². The number of benzene rings is 3. The molecule has 22 heavy (non-hydrogen) atoms. The fourth-order valence-corrected chi connectivity index (χ4v) is 3.12. The molecule has 106 valence electrons. The SMILES string of the molecule is O=C1C=Cc2cc(Cc3ccccc3)cc3ccc(O)c1c23. The number of hydrogen-bond acceptors (Lipinski definition) is 2. The second-order valence-electron chi connectivity index (χ2n) is 5.60. The van der Waals surface area contributed by atoms with E-state index >= 15 is 0 Å². The first-order chi connectivity index (χ1) is 10.7. The van der Waals surface area contributed by atoms with Crippen LogP contribution < -0.4 is 0 Å². The van der Waals surface area contributed by atoms with Crippen LogP contribution >= 0.6 is 0 Å². The van der Waals surface area contributed by atoms with Crippen LogP contribution in [0.5, 0.6) is 5.75 Å². The van der Waals surface area contributed by atoms with E-state index < -0.39 is 0 Å². The summed E-state index contributed by atoms with van der Waals surface area (Å²) in [7, 11) is 0. The molecule has 4 rings (SSSR count). The van der Waals surface area contributed by atoms with Gasteiger partial charge in [0.1, 0.15) is 5.75 Å². The van der Waals surface area contributed by atoms with Crippen molar-refractivity contribution in [1.29, 1.82) is 0 Å². The molecule has 0 fully saturated rings. The number of aromatic hydroxyl groups is 1. The van der Waals surface area contributed by atoms with Gasteiger partial charge in [0, 0.05) is 5.39 Å². The van der Waals surface area contributed by atoms with Gasteiger partial charge in [0.05, 0.1) is 5.56 Å². The van der Waals surface area contributed by atoms with Gasteiger partial charge in [-0.05, 0) is 40.6 Å². The fraction of sp³-hybridized carbons (Fsp3) is 0.0500. The molecule has 3 aromatic carbocycles. The summed E-state index contributed by atoms with van der Waals surface area (Å²) in [5.74, 6) is -0.0784. The molecule has 0 saturated carbocycles. The van der Waals surface area contributed by atoms with Crippen molar-refractivity contribution in [3.05, 3.63) is 82.9 Å². The Morgan fingerprint density at radius 2 is 1.68 bits per heavy atom. The van der Waals surface area contributed by atoms with Crippen LogP contribution in [0.25, 0.3) is 16.8 Å². The van der Waals surface area contributed by atoms with E-state index in [9.17, 15) is 9.90 Å². The Hall–Kier alpha value is -2.87. The largest absolute Gasteiger partial charge is 0.507 e. The van der Waals surface area contributed by atoms with Crippen LogP contribution in [0.15, 0.2) is 60.7 Å². The molecule has 0 saturated heterocycles. The van der Waals surface area contributed by atoms with Crippen LogP contribution in [0.1, 0.15) is 27.0 Å². The molecule has 2 heteroatoms. The summed E-state index contributed by atoms with van der Waals surface area (Å²) in [5.41, 5.74) is 3.86. The maximum absolute atomic E-state index is 12.0. The third-order valence-electron chi connectivity index (χ3n) is 4.10. The zero-order valence-corrected chi connectivity index (χ0v) is 11.9. The molecule has 0 atom stereocenters. The average Bonchev–Trinajstić information content (AvgIpc) is 2.53. The number of carbonyl (C=O) groups excluding carboxylic acids is 1. The van der Waals surface area contributed by atoms with Crippen LogP contribution in [0.4, 0.5) is 0 Å². The normalized spacial score (nSPS) is 12.8. The first-order valence-electron chi connectivity index (χ1n) is 7.27. The molecule has 1 aliphatic rings. The van der Waals surface area contributed by atoms with Gasteiger partial charge in [0.25, 0.3) is 0 Å². The smallest absolute Gasteiger partial charge is 0.190 e. The van der Waals surface area contributed by atoms with Crippen molar-refractivity contribution in [2.24, 2.45) is 0 Å². The maximum atomic E-state index is 12.0. The van der Waals surface area contributed by atoms with E-state index in [2.05, 4.69) is 24.3 Å². The Bertz CT molecular complexity index is 921. The molecule has 0 aliphatic heterocycles. The van der Waals surface area contributed by atoms with Crippen LogP contribution in [0, 0.1) is 0 Å². The molecular formula is C20H14O2. The summed E-state index contributed by atoms with van der Waals surface area (Å²) in [5, 5.41) is 11.8. The minimum atomic E-state index is -0.133. The van der Waals surface area contributed by atoms with Gasteiger partial charge in [-0.3, -0.25) is 4.79 Å². The van der Waals surface area contributed by atoms with Gasteiger partial charge >= 0.3 is 0 Å². The highest BCUT2D eigenvalue weighted by Crippen LogP contribution is 2.35. The van der Waals surface area contributed by atoms with Crippen LogP contribution in [0.2, 0.25) is 0 Å². The van der Waals surface area contributed by atoms with Gasteiger partial charge in [0.2, 0.25) is 0 Å². The van der Waals surface area contributed by atoms with E-state index in [0.717, 1.165) is 22.8 Å². The van der Waals surface area contributed by atoms with Crippen molar-refractivity contribution in [3.63, 3.8) is 0 Å². The standard InChI is InChI=1S/C20H14O2/c21-17-8-6-15-11-14(10-13-4-2-1-3-5-13)12-16-7-9-18(22)20(17)19(15)16/h1-9,11-12,21H,10H2. The lowest BCUT2D eigenvalue weighted by atomic mass is 9.89. The van der Waals surface area contributed by atoms with Crippen molar-refractivity contribution in [2.75, 3.05) is 0 Å². The van der Waals surface area contributed by atoms with Crippen molar-refractivity contribution in [1.82, 2.24) is 0 Å². The summed E-state index contributed by atoms with van der Waals surface area (Å²) in [6.07, 6.45) is 4.22. The summed E-state index contributed by atoms with van der Waals surface area (Å²) < 4.78 is 0.